The van der Waals surface area contributed by atoms with Crippen LogP contribution in [0.1, 0.15) is 35.5 Å². The molecule has 1 amide bonds. The molecule has 1 aliphatic heterocycles. The zero-order chi connectivity index (χ0) is 16.2. The van der Waals surface area contributed by atoms with Gasteiger partial charge in [0.2, 0.25) is 0 Å². The van der Waals surface area contributed by atoms with Gasteiger partial charge in [0.05, 0.1) is 5.69 Å². The van der Waals surface area contributed by atoms with Crippen LogP contribution in [0, 0.1) is 0 Å². The van der Waals surface area contributed by atoms with Crippen molar-refractivity contribution in [2.45, 2.75) is 26.8 Å². The molecule has 0 unspecified atom stereocenters. The van der Waals surface area contributed by atoms with E-state index in [1.807, 2.05) is 55.1 Å². The van der Waals surface area contributed by atoms with Crippen LogP contribution in [0.15, 0.2) is 41.5 Å². The highest BCUT2D eigenvalue weighted by Gasteiger charge is 2.23. The number of carbonyl (C=O) groups excluding carboxylic acids is 1. The van der Waals surface area contributed by atoms with Gasteiger partial charge in [0, 0.05) is 30.8 Å². The van der Waals surface area contributed by atoms with Crippen molar-refractivity contribution in [3.05, 3.63) is 53.2 Å². The second-order valence-electron chi connectivity index (χ2n) is 5.72. The van der Waals surface area contributed by atoms with Crippen LogP contribution in [0.5, 0.6) is 0 Å². The van der Waals surface area contributed by atoms with Gasteiger partial charge in [0.25, 0.3) is 5.91 Å². The van der Waals surface area contributed by atoms with Crippen molar-refractivity contribution in [3.8, 4) is 0 Å². The molecule has 23 heavy (non-hydrogen) atoms. The van der Waals surface area contributed by atoms with Crippen LogP contribution in [-0.2, 0) is 13.0 Å². The van der Waals surface area contributed by atoms with Crippen molar-refractivity contribution in [3.63, 3.8) is 0 Å². The van der Waals surface area contributed by atoms with Gasteiger partial charge >= 0.3 is 0 Å². The SMILES string of the molecule is CC(C)=NNc1cc2c(nn1)CCN(C(=O)c1ccccc1)C2. The molecule has 1 aromatic carbocycles. The van der Waals surface area contributed by atoms with E-state index in [2.05, 4.69) is 20.7 Å². The Morgan fingerprint density at radius 2 is 2.00 bits per heavy atom. The highest BCUT2D eigenvalue weighted by atomic mass is 16.2. The van der Waals surface area contributed by atoms with E-state index in [0.29, 0.717) is 24.5 Å². The predicted octanol–water partition coefficient (Wildman–Crippen LogP) is 2.48. The monoisotopic (exact) mass is 309 g/mol. The summed E-state index contributed by atoms with van der Waals surface area (Å²) in [5.74, 6) is 0.643. The molecule has 0 bridgehead atoms. The third-order valence-corrected chi connectivity index (χ3v) is 3.64. The molecule has 1 aliphatic rings. The number of nitrogens with one attached hydrogen (secondary N) is 1. The maximum absolute atomic E-state index is 12.6. The van der Waals surface area contributed by atoms with Gasteiger partial charge < -0.3 is 4.90 Å². The second kappa shape index (κ2) is 6.56. The van der Waals surface area contributed by atoms with Crippen LogP contribution >= 0.6 is 0 Å². The molecular formula is C17H19N5O. The molecule has 0 spiro atoms. The first kappa shape index (κ1) is 15.1. The number of fused-ring (bicyclic) bond motifs is 1. The molecule has 118 valence electrons. The third kappa shape index (κ3) is 3.53. The van der Waals surface area contributed by atoms with Crippen molar-refractivity contribution in [2.24, 2.45) is 5.10 Å². The van der Waals surface area contributed by atoms with Gasteiger partial charge in [-0.05, 0) is 37.6 Å². The van der Waals surface area contributed by atoms with Gasteiger partial charge in [-0.3, -0.25) is 10.2 Å². The standard InChI is InChI=1S/C17H19N5O/c1-12(2)18-20-16-10-14-11-22(9-8-15(14)19-21-16)17(23)13-6-4-3-5-7-13/h3-7,10H,8-9,11H2,1-2H3,(H,20,21). The summed E-state index contributed by atoms with van der Waals surface area (Å²) in [7, 11) is 0. The lowest BCUT2D eigenvalue weighted by Crippen LogP contribution is -2.36. The van der Waals surface area contributed by atoms with Gasteiger partial charge in [-0.1, -0.05) is 18.2 Å². The van der Waals surface area contributed by atoms with Crippen LogP contribution in [0.3, 0.4) is 0 Å². The number of nitrogens with zero attached hydrogens (tertiary/aromatic N) is 4. The van der Waals surface area contributed by atoms with Gasteiger partial charge in [-0.15, -0.1) is 5.10 Å². The molecule has 0 saturated heterocycles. The molecule has 2 heterocycles. The van der Waals surface area contributed by atoms with Gasteiger partial charge in [-0.25, -0.2) is 0 Å². The number of hydrazone groups is 1. The fourth-order valence-corrected chi connectivity index (χ4v) is 2.49. The molecule has 6 heteroatoms. The number of hydrogen-bond acceptors (Lipinski definition) is 5. The first-order chi connectivity index (χ1) is 11.1. The fourth-order valence-electron chi connectivity index (χ4n) is 2.49. The Labute approximate surface area is 135 Å². The molecule has 3 rings (SSSR count). The molecule has 1 N–H and O–H groups in total. The van der Waals surface area contributed by atoms with Crippen molar-refractivity contribution in [1.29, 1.82) is 0 Å². The average molecular weight is 309 g/mol. The number of hydrogen-bond donors (Lipinski definition) is 1. The summed E-state index contributed by atoms with van der Waals surface area (Å²) >= 11 is 0. The van der Waals surface area contributed by atoms with Crippen LogP contribution in [0.4, 0.5) is 5.82 Å². The lowest BCUT2D eigenvalue weighted by atomic mass is 10.1. The van der Waals surface area contributed by atoms with Crippen molar-refractivity contribution < 1.29 is 4.79 Å². The van der Waals surface area contributed by atoms with Gasteiger partial charge in [-0.2, -0.15) is 10.2 Å². The number of carbonyl (C=O) groups is 1. The minimum absolute atomic E-state index is 0.0463. The normalized spacial score (nSPS) is 13.2. The largest absolute Gasteiger partial charge is 0.334 e. The number of anilines is 1. The predicted molar refractivity (Wildman–Crippen MR) is 89.3 cm³/mol. The minimum atomic E-state index is 0.0463. The smallest absolute Gasteiger partial charge is 0.254 e. The Morgan fingerprint density at radius 1 is 1.22 bits per heavy atom. The van der Waals surface area contributed by atoms with Crippen LogP contribution in [0.25, 0.3) is 0 Å². The van der Waals surface area contributed by atoms with Crippen LogP contribution < -0.4 is 5.43 Å². The fraction of sp³-hybridized carbons (Fsp3) is 0.294. The molecule has 0 atom stereocenters. The van der Waals surface area contributed by atoms with E-state index in [4.69, 9.17) is 0 Å². The second-order valence-corrected chi connectivity index (χ2v) is 5.72. The topological polar surface area (TPSA) is 70.5 Å². The van der Waals surface area contributed by atoms with E-state index in [-0.39, 0.29) is 5.91 Å². The zero-order valence-corrected chi connectivity index (χ0v) is 13.3. The first-order valence-corrected chi connectivity index (χ1v) is 7.60. The molecule has 0 aliphatic carbocycles. The van der Waals surface area contributed by atoms with E-state index in [0.717, 1.165) is 23.4 Å². The maximum Gasteiger partial charge on any atom is 0.254 e. The Bertz CT molecular complexity index is 738. The maximum atomic E-state index is 12.6. The lowest BCUT2D eigenvalue weighted by molar-refractivity contribution is 0.0733. The number of benzene rings is 1. The van der Waals surface area contributed by atoms with E-state index >= 15 is 0 Å². The van der Waals surface area contributed by atoms with Crippen molar-refractivity contribution >= 4 is 17.4 Å². The molecule has 2 aromatic rings. The lowest BCUT2D eigenvalue weighted by Gasteiger charge is -2.28. The van der Waals surface area contributed by atoms with E-state index in [1.54, 1.807) is 0 Å². The molecule has 0 radical (unpaired) electrons. The van der Waals surface area contributed by atoms with Crippen LogP contribution in [0.2, 0.25) is 0 Å². The van der Waals surface area contributed by atoms with E-state index in [9.17, 15) is 4.79 Å². The Hall–Kier alpha value is -2.76. The summed E-state index contributed by atoms with van der Waals surface area (Å²) in [5, 5.41) is 12.5. The Morgan fingerprint density at radius 3 is 2.74 bits per heavy atom. The first-order valence-electron chi connectivity index (χ1n) is 7.60. The quantitative estimate of drug-likeness (QED) is 0.698. The number of amides is 1. The Balaban J connectivity index is 1.78. The van der Waals surface area contributed by atoms with Crippen molar-refractivity contribution in [2.75, 3.05) is 12.0 Å². The highest BCUT2D eigenvalue weighted by Crippen LogP contribution is 2.20. The summed E-state index contributed by atoms with van der Waals surface area (Å²) < 4.78 is 0. The molecule has 1 aromatic heterocycles. The Kier molecular flexibility index (Phi) is 4.32. The van der Waals surface area contributed by atoms with Gasteiger partial charge in [0.15, 0.2) is 5.82 Å². The average Bonchev–Trinajstić information content (AvgIpc) is 2.59. The molecular weight excluding hydrogens is 290 g/mol. The molecule has 6 nitrogen and oxygen atoms in total. The zero-order valence-electron chi connectivity index (χ0n) is 13.3. The van der Waals surface area contributed by atoms with E-state index < -0.39 is 0 Å². The molecule has 0 saturated carbocycles. The highest BCUT2D eigenvalue weighted by molar-refractivity contribution is 5.94. The van der Waals surface area contributed by atoms with Gasteiger partial charge in [0.1, 0.15) is 0 Å². The summed E-state index contributed by atoms with van der Waals surface area (Å²) in [6, 6.07) is 11.3. The molecule has 0 fully saturated rings. The third-order valence-electron chi connectivity index (χ3n) is 3.64. The van der Waals surface area contributed by atoms with E-state index in [1.165, 1.54) is 0 Å². The van der Waals surface area contributed by atoms with Crippen LogP contribution in [-0.4, -0.2) is 33.3 Å². The summed E-state index contributed by atoms with van der Waals surface area (Å²) in [6.07, 6.45) is 0.720. The number of aromatic nitrogens is 2. The van der Waals surface area contributed by atoms with Crippen molar-refractivity contribution in [1.82, 2.24) is 15.1 Å². The summed E-state index contributed by atoms with van der Waals surface area (Å²) in [4.78, 5) is 14.4. The number of rotatable bonds is 3. The summed E-state index contributed by atoms with van der Waals surface area (Å²) in [6.45, 7) is 5.01. The minimum Gasteiger partial charge on any atom is -0.334 e. The summed E-state index contributed by atoms with van der Waals surface area (Å²) in [5.41, 5.74) is 6.46.